The molecular weight excluding hydrogens is 236 g/mol. The Bertz CT molecular complexity index is 458. The third kappa shape index (κ3) is 2.37. The number of para-hydroxylation sites is 1. The second kappa shape index (κ2) is 4.80. The van der Waals surface area contributed by atoms with Crippen LogP contribution in [0.2, 0.25) is 0 Å². The van der Waals surface area contributed by atoms with E-state index in [2.05, 4.69) is 43.0 Å². The standard InChI is InChI=1S/C16H24N2O/c1-16(2)10-14(18-9-5-6-12(18)11-17)13-7-3-4-8-15(13)19-16/h3-4,7-8,12,14H,5-6,9-11,17H2,1-2H3. The van der Waals surface area contributed by atoms with Crippen LogP contribution in [0.5, 0.6) is 5.75 Å². The molecule has 0 radical (unpaired) electrons. The lowest BCUT2D eigenvalue weighted by Gasteiger charge is -2.43. The van der Waals surface area contributed by atoms with Crippen LogP contribution in [0.15, 0.2) is 24.3 Å². The van der Waals surface area contributed by atoms with Gasteiger partial charge in [0.1, 0.15) is 11.4 Å². The van der Waals surface area contributed by atoms with E-state index in [4.69, 9.17) is 10.5 Å². The van der Waals surface area contributed by atoms with Gasteiger partial charge in [-0.25, -0.2) is 0 Å². The van der Waals surface area contributed by atoms with Gasteiger partial charge in [-0.2, -0.15) is 0 Å². The lowest BCUT2D eigenvalue weighted by atomic mass is 9.88. The highest BCUT2D eigenvalue weighted by Gasteiger charge is 2.39. The van der Waals surface area contributed by atoms with Gasteiger partial charge < -0.3 is 10.5 Å². The first kappa shape index (κ1) is 12.9. The Hall–Kier alpha value is -1.06. The molecule has 19 heavy (non-hydrogen) atoms. The number of nitrogens with two attached hydrogens (primary N) is 1. The fourth-order valence-corrected chi connectivity index (χ4v) is 3.58. The smallest absolute Gasteiger partial charge is 0.124 e. The highest BCUT2D eigenvalue weighted by molar-refractivity contribution is 5.39. The van der Waals surface area contributed by atoms with Crippen LogP contribution >= 0.6 is 0 Å². The van der Waals surface area contributed by atoms with E-state index < -0.39 is 0 Å². The van der Waals surface area contributed by atoms with Crippen molar-refractivity contribution in [3.63, 3.8) is 0 Å². The maximum Gasteiger partial charge on any atom is 0.124 e. The Morgan fingerprint density at radius 2 is 2.16 bits per heavy atom. The SMILES string of the molecule is CC1(C)CC(N2CCCC2CN)c2ccccc2O1. The average molecular weight is 260 g/mol. The first-order valence-electron chi connectivity index (χ1n) is 7.34. The summed E-state index contributed by atoms with van der Waals surface area (Å²) in [5.74, 6) is 1.05. The average Bonchev–Trinajstić information content (AvgIpc) is 2.84. The fraction of sp³-hybridized carbons (Fsp3) is 0.625. The molecule has 2 atom stereocenters. The molecule has 1 saturated heterocycles. The molecule has 2 aliphatic heterocycles. The van der Waals surface area contributed by atoms with Crippen molar-refractivity contribution in [2.24, 2.45) is 5.73 Å². The molecule has 0 saturated carbocycles. The summed E-state index contributed by atoms with van der Waals surface area (Å²) in [7, 11) is 0. The van der Waals surface area contributed by atoms with Crippen LogP contribution in [0.3, 0.4) is 0 Å². The molecule has 3 nitrogen and oxygen atoms in total. The molecule has 2 aliphatic rings. The first-order chi connectivity index (χ1) is 9.11. The molecule has 2 N–H and O–H groups in total. The Labute approximate surface area is 115 Å². The molecule has 2 unspecified atom stereocenters. The molecule has 1 aromatic rings. The van der Waals surface area contributed by atoms with E-state index in [-0.39, 0.29) is 5.60 Å². The number of fused-ring (bicyclic) bond motifs is 1. The van der Waals surface area contributed by atoms with Gasteiger partial charge in [-0.1, -0.05) is 18.2 Å². The normalized spacial score (nSPS) is 29.8. The van der Waals surface area contributed by atoms with Gasteiger partial charge in [0.2, 0.25) is 0 Å². The van der Waals surface area contributed by atoms with Crippen molar-refractivity contribution in [1.29, 1.82) is 0 Å². The summed E-state index contributed by atoms with van der Waals surface area (Å²) in [6.45, 7) is 6.30. The summed E-state index contributed by atoms with van der Waals surface area (Å²) in [5, 5.41) is 0. The Kier molecular flexibility index (Phi) is 3.27. The summed E-state index contributed by atoms with van der Waals surface area (Å²) in [6, 6.07) is 9.46. The van der Waals surface area contributed by atoms with Crippen molar-refractivity contribution in [3.8, 4) is 5.75 Å². The molecule has 1 aromatic carbocycles. The lowest BCUT2D eigenvalue weighted by molar-refractivity contribution is 0.0265. The molecule has 3 heteroatoms. The summed E-state index contributed by atoms with van der Waals surface area (Å²) < 4.78 is 6.12. The minimum absolute atomic E-state index is 0.0965. The van der Waals surface area contributed by atoms with E-state index in [0.717, 1.165) is 25.3 Å². The summed E-state index contributed by atoms with van der Waals surface area (Å²) in [4.78, 5) is 2.60. The van der Waals surface area contributed by atoms with Gasteiger partial charge in [0, 0.05) is 30.6 Å². The van der Waals surface area contributed by atoms with Gasteiger partial charge in [0.25, 0.3) is 0 Å². The van der Waals surface area contributed by atoms with Crippen molar-refractivity contribution >= 4 is 0 Å². The van der Waals surface area contributed by atoms with E-state index in [0.29, 0.717) is 12.1 Å². The zero-order valence-corrected chi connectivity index (χ0v) is 11.9. The largest absolute Gasteiger partial charge is 0.487 e. The highest BCUT2D eigenvalue weighted by atomic mass is 16.5. The van der Waals surface area contributed by atoms with Crippen LogP contribution in [0.25, 0.3) is 0 Å². The van der Waals surface area contributed by atoms with Gasteiger partial charge in [0.15, 0.2) is 0 Å². The zero-order chi connectivity index (χ0) is 13.5. The molecule has 0 amide bonds. The van der Waals surface area contributed by atoms with Crippen molar-refractivity contribution in [1.82, 2.24) is 4.90 Å². The van der Waals surface area contributed by atoms with Crippen molar-refractivity contribution in [2.75, 3.05) is 13.1 Å². The van der Waals surface area contributed by atoms with Crippen LogP contribution in [0.4, 0.5) is 0 Å². The fourth-order valence-electron chi connectivity index (χ4n) is 3.58. The number of rotatable bonds is 2. The predicted molar refractivity (Wildman–Crippen MR) is 77.3 cm³/mol. The Morgan fingerprint density at radius 1 is 1.37 bits per heavy atom. The van der Waals surface area contributed by atoms with E-state index in [1.807, 2.05) is 0 Å². The van der Waals surface area contributed by atoms with Crippen LogP contribution in [-0.4, -0.2) is 29.6 Å². The van der Waals surface area contributed by atoms with Gasteiger partial charge in [-0.3, -0.25) is 4.90 Å². The maximum atomic E-state index is 6.12. The molecule has 1 fully saturated rings. The molecule has 0 aliphatic carbocycles. The molecular formula is C16H24N2O. The van der Waals surface area contributed by atoms with Crippen LogP contribution in [-0.2, 0) is 0 Å². The number of nitrogens with zero attached hydrogens (tertiary/aromatic N) is 1. The van der Waals surface area contributed by atoms with Gasteiger partial charge in [0.05, 0.1) is 0 Å². The third-order valence-electron chi connectivity index (χ3n) is 4.44. The van der Waals surface area contributed by atoms with E-state index in [9.17, 15) is 0 Å². The molecule has 2 heterocycles. The van der Waals surface area contributed by atoms with Gasteiger partial charge in [-0.15, -0.1) is 0 Å². The predicted octanol–water partition coefficient (Wildman–Crippen LogP) is 2.71. The summed E-state index contributed by atoms with van der Waals surface area (Å²) >= 11 is 0. The van der Waals surface area contributed by atoms with Crippen molar-refractivity contribution < 1.29 is 4.74 Å². The van der Waals surface area contributed by atoms with Gasteiger partial charge in [-0.05, 0) is 39.3 Å². The quantitative estimate of drug-likeness (QED) is 0.888. The Morgan fingerprint density at radius 3 is 2.95 bits per heavy atom. The topological polar surface area (TPSA) is 38.5 Å². The second-order valence-electron chi connectivity index (χ2n) is 6.39. The van der Waals surface area contributed by atoms with Crippen LogP contribution in [0, 0.1) is 0 Å². The lowest BCUT2D eigenvalue weighted by Crippen LogP contribution is -2.45. The van der Waals surface area contributed by atoms with E-state index >= 15 is 0 Å². The number of ether oxygens (including phenoxy) is 1. The molecule has 3 rings (SSSR count). The van der Waals surface area contributed by atoms with E-state index in [1.165, 1.54) is 18.4 Å². The van der Waals surface area contributed by atoms with Gasteiger partial charge >= 0.3 is 0 Å². The number of hydrogen-bond donors (Lipinski definition) is 1. The van der Waals surface area contributed by atoms with Crippen molar-refractivity contribution in [3.05, 3.63) is 29.8 Å². The minimum Gasteiger partial charge on any atom is -0.487 e. The maximum absolute atomic E-state index is 6.12. The molecule has 0 bridgehead atoms. The summed E-state index contributed by atoms with van der Waals surface area (Å²) in [5.41, 5.74) is 7.18. The van der Waals surface area contributed by atoms with Crippen molar-refractivity contribution in [2.45, 2.75) is 50.8 Å². The molecule has 0 aromatic heterocycles. The third-order valence-corrected chi connectivity index (χ3v) is 4.44. The second-order valence-corrected chi connectivity index (χ2v) is 6.39. The summed E-state index contributed by atoms with van der Waals surface area (Å²) in [6.07, 6.45) is 3.54. The van der Waals surface area contributed by atoms with Crippen LogP contribution < -0.4 is 10.5 Å². The Balaban J connectivity index is 1.96. The molecule has 104 valence electrons. The van der Waals surface area contributed by atoms with E-state index in [1.54, 1.807) is 0 Å². The number of hydrogen-bond acceptors (Lipinski definition) is 3. The first-order valence-corrected chi connectivity index (χ1v) is 7.34. The number of benzene rings is 1. The number of likely N-dealkylation sites (tertiary alicyclic amines) is 1. The highest BCUT2D eigenvalue weighted by Crippen LogP contribution is 2.44. The monoisotopic (exact) mass is 260 g/mol. The van der Waals surface area contributed by atoms with Crippen LogP contribution in [0.1, 0.15) is 44.7 Å². The molecule has 0 spiro atoms. The zero-order valence-electron chi connectivity index (χ0n) is 11.9. The minimum atomic E-state index is -0.0965.